The van der Waals surface area contributed by atoms with Gasteiger partial charge in [0.1, 0.15) is 0 Å². The van der Waals surface area contributed by atoms with Crippen LogP contribution < -0.4 is 0 Å². The van der Waals surface area contributed by atoms with Gasteiger partial charge in [-0.25, -0.2) is 4.79 Å². The summed E-state index contributed by atoms with van der Waals surface area (Å²) in [5.41, 5.74) is 2.89. The Morgan fingerprint density at radius 3 is 2.52 bits per heavy atom. The Kier molecular flexibility index (Phi) is 5.22. The lowest BCUT2D eigenvalue weighted by Crippen LogP contribution is -2.40. The van der Waals surface area contributed by atoms with Crippen molar-refractivity contribution in [2.45, 2.75) is 44.2 Å². The highest BCUT2D eigenvalue weighted by Crippen LogP contribution is 2.40. The average molecular weight is 384 g/mol. The van der Waals surface area contributed by atoms with Gasteiger partial charge < -0.3 is 5.11 Å². The van der Waals surface area contributed by atoms with Crippen molar-refractivity contribution in [3.63, 3.8) is 0 Å². The number of nitriles is 1. The van der Waals surface area contributed by atoms with Gasteiger partial charge in [-0.05, 0) is 66.1 Å². The van der Waals surface area contributed by atoms with Crippen molar-refractivity contribution in [3.05, 3.63) is 83.4 Å². The van der Waals surface area contributed by atoms with E-state index in [2.05, 4.69) is 24.3 Å². The summed E-state index contributed by atoms with van der Waals surface area (Å²) in [4.78, 5) is 13.9. The number of hydrogen-bond donors (Lipinski definition) is 1. The molecule has 0 bridgehead atoms. The summed E-state index contributed by atoms with van der Waals surface area (Å²) in [6, 6.07) is 23.8. The van der Waals surface area contributed by atoms with Crippen LogP contribution in [0.15, 0.2) is 66.7 Å². The van der Waals surface area contributed by atoms with Gasteiger partial charge >= 0.3 is 6.09 Å². The quantitative estimate of drug-likeness (QED) is 0.592. The van der Waals surface area contributed by atoms with Crippen LogP contribution in [0.4, 0.5) is 4.79 Å². The minimum atomic E-state index is -0.865. The molecule has 1 N–H and O–H groups in total. The zero-order chi connectivity index (χ0) is 20.4. The molecular weight excluding hydrogens is 360 g/mol. The van der Waals surface area contributed by atoms with Crippen LogP contribution in [0.2, 0.25) is 0 Å². The van der Waals surface area contributed by atoms with Gasteiger partial charge in [0.2, 0.25) is 0 Å². The second-order valence-electron chi connectivity index (χ2n) is 7.83. The summed E-state index contributed by atoms with van der Waals surface area (Å²) < 4.78 is 0. The van der Waals surface area contributed by atoms with E-state index in [0.29, 0.717) is 11.5 Å². The van der Waals surface area contributed by atoms with Crippen molar-refractivity contribution in [2.75, 3.05) is 0 Å². The first-order valence-corrected chi connectivity index (χ1v) is 10.1. The standard InChI is InChI=1S/C25H24N2O2/c1-17(23-8-4-6-20-5-2-3-7-24(20)23)27(25(28)29)22-14-13-21(15-22)19-11-9-18(16-26)10-12-19/h2-12,17,21-22H,13-15H2,1H3,(H,28,29)/t17-,21-,22+/m1/s1. The molecule has 0 heterocycles. The van der Waals surface area contributed by atoms with Crippen LogP contribution in [0.5, 0.6) is 0 Å². The Balaban J connectivity index is 1.59. The van der Waals surface area contributed by atoms with Crippen LogP contribution in [0.25, 0.3) is 10.8 Å². The zero-order valence-corrected chi connectivity index (χ0v) is 16.5. The summed E-state index contributed by atoms with van der Waals surface area (Å²) in [5, 5.41) is 21.3. The zero-order valence-electron chi connectivity index (χ0n) is 16.5. The van der Waals surface area contributed by atoms with Crippen molar-refractivity contribution < 1.29 is 9.90 Å². The van der Waals surface area contributed by atoms with Crippen molar-refractivity contribution in [1.29, 1.82) is 5.26 Å². The summed E-state index contributed by atoms with van der Waals surface area (Å²) in [5.74, 6) is 0.328. The number of nitrogens with zero attached hydrogens (tertiary/aromatic N) is 2. The number of rotatable bonds is 4. The molecule has 0 spiro atoms. The van der Waals surface area contributed by atoms with Gasteiger partial charge in [0.25, 0.3) is 0 Å². The van der Waals surface area contributed by atoms with E-state index in [4.69, 9.17) is 5.26 Å². The Morgan fingerprint density at radius 2 is 1.79 bits per heavy atom. The van der Waals surface area contributed by atoms with Crippen molar-refractivity contribution in [1.82, 2.24) is 4.90 Å². The molecule has 1 aliphatic carbocycles. The molecule has 146 valence electrons. The third kappa shape index (κ3) is 3.69. The van der Waals surface area contributed by atoms with Crippen LogP contribution >= 0.6 is 0 Å². The molecule has 4 nitrogen and oxygen atoms in total. The van der Waals surface area contributed by atoms with Crippen molar-refractivity contribution in [2.24, 2.45) is 0 Å². The van der Waals surface area contributed by atoms with Crippen molar-refractivity contribution in [3.8, 4) is 6.07 Å². The molecule has 1 amide bonds. The van der Waals surface area contributed by atoms with E-state index in [9.17, 15) is 9.90 Å². The first-order valence-electron chi connectivity index (χ1n) is 10.1. The van der Waals surface area contributed by atoms with E-state index >= 15 is 0 Å². The van der Waals surface area contributed by atoms with E-state index in [1.54, 1.807) is 4.90 Å². The Labute approximate surface area is 171 Å². The fourth-order valence-electron chi connectivity index (χ4n) is 4.75. The normalized spacial score (nSPS) is 19.6. The molecule has 0 aromatic heterocycles. The molecule has 1 aliphatic rings. The lowest BCUT2D eigenvalue weighted by molar-refractivity contribution is 0.103. The lowest BCUT2D eigenvalue weighted by Gasteiger charge is -2.33. The molecule has 3 atom stereocenters. The lowest BCUT2D eigenvalue weighted by atomic mass is 9.95. The molecule has 29 heavy (non-hydrogen) atoms. The minimum Gasteiger partial charge on any atom is -0.465 e. The number of hydrogen-bond acceptors (Lipinski definition) is 2. The van der Waals surface area contributed by atoms with Gasteiger partial charge in [0.05, 0.1) is 17.7 Å². The molecule has 4 heteroatoms. The second kappa shape index (κ2) is 7.97. The Bertz CT molecular complexity index is 1060. The molecule has 3 aromatic rings. The third-order valence-electron chi connectivity index (χ3n) is 6.22. The number of carbonyl (C=O) groups is 1. The monoisotopic (exact) mass is 384 g/mol. The first-order chi connectivity index (χ1) is 14.1. The van der Waals surface area contributed by atoms with E-state index < -0.39 is 6.09 Å². The number of benzene rings is 3. The molecule has 0 aliphatic heterocycles. The number of carboxylic acid groups (broad SMARTS) is 1. The summed E-state index contributed by atoms with van der Waals surface area (Å²) in [6.45, 7) is 1.99. The molecule has 1 saturated carbocycles. The fourth-order valence-corrected chi connectivity index (χ4v) is 4.75. The SMILES string of the molecule is C[C@H](c1cccc2ccccc12)N(C(=O)O)[C@H]1CC[C@@H](c2ccc(C#N)cc2)C1. The summed E-state index contributed by atoms with van der Waals surface area (Å²) in [6.07, 6.45) is 1.76. The summed E-state index contributed by atoms with van der Waals surface area (Å²) in [7, 11) is 0. The van der Waals surface area contributed by atoms with Gasteiger partial charge in [-0.2, -0.15) is 5.26 Å². The second-order valence-corrected chi connectivity index (χ2v) is 7.83. The molecule has 3 aromatic carbocycles. The summed E-state index contributed by atoms with van der Waals surface area (Å²) >= 11 is 0. The molecule has 0 radical (unpaired) electrons. The van der Waals surface area contributed by atoms with Crippen LogP contribution in [0, 0.1) is 11.3 Å². The fraction of sp³-hybridized carbons (Fsp3) is 0.280. The predicted octanol–water partition coefficient (Wildman–Crippen LogP) is 6.09. The van der Waals surface area contributed by atoms with Gasteiger partial charge in [-0.15, -0.1) is 0 Å². The molecule has 4 rings (SSSR count). The van der Waals surface area contributed by atoms with Crippen LogP contribution in [-0.2, 0) is 0 Å². The van der Waals surface area contributed by atoms with Crippen LogP contribution in [-0.4, -0.2) is 22.1 Å². The highest BCUT2D eigenvalue weighted by Gasteiger charge is 2.36. The highest BCUT2D eigenvalue weighted by molar-refractivity contribution is 5.86. The van der Waals surface area contributed by atoms with E-state index in [0.717, 1.165) is 35.6 Å². The average Bonchev–Trinajstić information content (AvgIpc) is 3.22. The predicted molar refractivity (Wildman–Crippen MR) is 114 cm³/mol. The number of amides is 1. The maximum atomic E-state index is 12.3. The minimum absolute atomic E-state index is 0.0119. The largest absolute Gasteiger partial charge is 0.465 e. The Hall–Kier alpha value is -3.32. The van der Waals surface area contributed by atoms with Gasteiger partial charge in [0.15, 0.2) is 0 Å². The molecular formula is C25H24N2O2. The molecule has 0 unspecified atom stereocenters. The first kappa shape index (κ1) is 19.0. The van der Waals surface area contributed by atoms with Crippen LogP contribution in [0.1, 0.15) is 54.8 Å². The van der Waals surface area contributed by atoms with E-state index in [-0.39, 0.29) is 12.1 Å². The third-order valence-corrected chi connectivity index (χ3v) is 6.22. The topological polar surface area (TPSA) is 64.3 Å². The van der Waals surface area contributed by atoms with Gasteiger partial charge in [0, 0.05) is 6.04 Å². The van der Waals surface area contributed by atoms with Gasteiger partial charge in [-0.1, -0.05) is 54.6 Å². The van der Waals surface area contributed by atoms with E-state index in [1.807, 2.05) is 55.5 Å². The highest BCUT2D eigenvalue weighted by atomic mass is 16.4. The van der Waals surface area contributed by atoms with Gasteiger partial charge in [-0.3, -0.25) is 4.90 Å². The maximum absolute atomic E-state index is 12.3. The van der Waals surface area contributed by atoms with Crippen LogP contribution in [0.3, 0.4) is 0 Å². The molecule has 0 saturated heterocycles. The van der Waals surface area contributed by atoms with Crippen molar-refractivity contribution >= 4 is 16.9 Å². The smallest absolute Gasteiger partial charge is 0.408 e. The molecule has 1 fully saturated rings. The maximum Gasteiger partial charge on any atom is 0.408 e. The number of fused-ring (bicyclic) bond motifs is 1. The van der Waals surface area contributed by atoms with E-state index in [1.165, 1.54) is 5.56 Å². The Morgan fingerprint density at radius 1 is 1.07 bits per heavy atom.